The highest BCUT2D eigenvalue weighted by molar-refractivity contribution is 7.11. The Labute approximate surface area is 136 Å². The van der Waals surface area contributed by atoms with Gasteiger partial charge in [0.2, 0.25) is 0 Å². The molecule has 120 valence electrons. The van der Waals surface area contributed by atoms with Gasteiger partial charge in [-0.2, -0.15) is 0 Å². The molecule has 2 amide bonds. The van der Waals surface area contributed by atoms with Gasteiger partial charge >= 0.3 is 0 Å². The lowest BCUT2D eigenvalue weighted by Gasteiger charge is -2.35. The molecule has 0 atom stereocenters. The Balaban J connectivity index is 1.62. The van der Waals surface area contributed by atoms with E-state index in [0.29, 0.717) is 26.2 Å². The molecule has 6 nitrogen and oxygen atoms in total. The van der Waals surface area contributed by atoms with Crippen LogP contribution in [0, 0.1) is 5.82 Å². The highest BCUT2D eigenvalue weighted by Crippen LogP contribution is 2.18. The number of rotatable bonds is 3. The van der Waals surface area contributed by atoms with Gasteiger partial charge in [0.1, 0.15) is 11.5 Å². The monoisotopic (exact) mass is 334 g/mol. The van der Waals surface area contributed by atoms with E-state index in [0.717, 1.165) is 17.0 Å². The predicted molar refractivity (Wildman–Crippen MR) is 85.1 cm³/mol. The Morgan fingerprint density at radius 2 is 1.78 bits per heavy atom. The molecule has 0 saturated carbocycles. The maximum absolute atomic E-state index is 13.0. The molecule has 1 aliphatic rings. The number of aromatic nitrogens is 1. The van der Waals surface area contributed by atoms with E-state index in [9.17, 15) is 14.0 Å². The quantitative estimate of drug-likeness (QED) is 0.919. The minimum absolute atomic E-state index is 0.137. The molecule has 1 aliphatic heterocycles. The fraction of sp³-hybridized carbons (Fsp3) is 0.267. The zero-order valence-corrected chi connectivity index (χ0v) is 13.1. The number of thiazole rings is 1. The zero-order valence-electron chi connectivity index (χ0n) is 12.2. The van der Waals surface area contributed by atoms with E-state index in [-0.39, 0.29) is 22.4 Å². The molecule has 2 aromatic rings. The Hall–Kier alpha value is -2.48. The molecule has 1 fully saturated rings. The van der Waals surface area contributed by atoms with Crippen molar-refractivity contribution in [2.45, 2.75) is 0 Å². The van der Waals surface area contributed by atoms with Crippen LogP contribution in [-0.2, 0) is 0 Å². The standard InChI is InChI=1S/C15H15FN4O2S/c16-10-1-3-11(4-2-10)19-5-7-20(8-6-19)15(22)12-9-23-14(18-12)13(17)21/h1-4,9H,5-8H2,(H2,17,21). The van der Waals surface area contributed by atoms with Crippen LogP contribution in [0.5, 0.6) is 0 Å². The topological polar surface area (TPSA) is 79.5 Å². The van der Waals surface area contributed by atoms with E-state index in [2.05, 4.69) is 9.88 Å². The van der Waals surface area contributed by atoms with Gasteiger partial charge < -0.3 is 15.5 Å². The van der Waals surface area contributed by atoms with Crippen LogP contribution in [0.15, 0.2) is 29.6 Å². The number of hydrogen-bond donors (Lipinski definition) is 1. The fourth-order valence-corrected chi connectivity index (χ4v) is 3.11. The highest BCUT2D eigenvalue weighted by atomic mass is 32.1. The van der Waals surface area contributed by atoms with Crippen LogP contribution in [0.1, 0.15) is 20.3 Å². The molecule has 3 rings (SSSR count). The van der Waals surface area contributed by atoms with Crippen molar-refractivity contribution < 1.29 is 14.0 Å². The molecule has 8 heteroatoms. The molecule has 0 spiro atoms. The van der Waals surface area contributed by atoms with E-state index < -0.39 is 5.91 Å². The van der Waals surface area contributed by atoms with E-state index in [4.69, 9.17) is 5.73 Å². The average Bonchev–Trinajstić information content (AvgIpc) is 3.05. The van der Waals surface area contributed by atoms with Crippen LogP contribution < -0.4 is 10.6 Å². The summed E-state index contributed by atoms with van der Waals surface area (Å²) >= 11 is 1.07. The van der Waals surface area contributed by atoms with Gasteiger partial charge in [-0.3, -0.25) is 9.59 Å². The van der Waals surface area contributed by atoms with Gasteiger partial charge in [-0.05, 0) is 24.3 Å². The molecular weight excluding hydrogens is 319 g/mol. The Morgan fingerprint density at radius 3 is 2.35 bits per heavy atom. The number of benzene rings is 1. The second kappa shape index (κ2) is 6.33. The first kappa shape index (κ1) is 15.4. The number of piperazine rings is 1. The fourth-order valence-electron chi connectivity index (χ4n) is 2.47. The summed E-state index contributed by atoms with van der Waals surface area (Å²) in [6.45, 7) is 2.40. The van der Waals surface area contributed by atoms with Gasteiger partial charge in [0.25, 0.3) is 11.8 Å². The Bertz CT molecular complexity index is 723. The van der Waals surface area contributed by atoms with Crippen LogP contribution in [-0.4, -0.2) is 47.9 Å². The number of anilines is 1. The van der Waals surface area contributed by atoms with Crippen molar-refractivity contribution in [3.8, 4) is 0 Å². The number of hydrogen-bond acceptors (Lipinski definition) is 5. The molecule has 1 saturated heterocycles. The highest BCUT2D eigenvalue weighted by Gasteiger charge is 2.24. The number of carbonyl (C=O) groups excluding carboxylic acids is 2. The summed E-state index contributed by atoms with van der Waals surface area (Å²) in [5, 5.41) is 1.69. The summed E-state index contributed by atoms with van der Waals surface area (Å²) in [5.74, 6) is -1.10. The molecular formula is C15H15FN4O2S. The van der Waals surface area contributed by atoms with E-state index in [1.807, 2.05) is 0 Å². The minimum Gasteiger partial charge on any atom is -0.368 e. The number of primary amides is 1. The van der Waals surface area contributed by atoms with Crippen LogP contribution in [0.25, 0.3) is 0 Å². The van der Waals surface area contributed by atoms with Crippen LogP contribution >= 0.6 is 11.3 Å². The van der Waals surface area contributed by atoms with Gasteiger partial charge in [-0.25, -0.2) is 9.37 Å². The van der Waals surface area contributed by atoms with Crippen molar-refractivity contribution in [2.24, 2.45) is 5.73 Å². The number of nitrogens with zero attached hydrogens (tertiary/aromatic N) is 3. The molecule has 0 radical (unpaired) electrons. The number of halogens is 1. The Kier molecular flexibility index (Phi) is 4.24. The van der Waals surface area contributed by atoms with E-state index in [1.54, 1.807) is 22.4 Å². The van der Waals surface area contributed by atoms with Gasteiger partial charge in [0.05, 0.1) is 0 Å². The van der Waals surface area contributed by atoms with Crippen molar-refractivity contribution in [3.63, 3.8) is 0 Å². The second-order valence-corrected chi connectivity index (χ2v) is 6.02. The molecule has 1 aromatic heterocycles. The van der Waals surface area contributed by atoms with Gasteiger partial charge in [0.15, 0.2) is 5.01 Å². The predicted octanol–water partition coefficient (Wildman–Crippen LogP) is 1.34. The van der Waals surface area contributed by atoms with Crippen LogP contribution in [0.4, 0.5) is 10.1 Å². The summed E-state index contributed by atoms with van der Waals surface area (Å²) < 4.78 is 13.0. The van der Waals surface area contributed by atoms with Crippen molar-refractivity contribution in [3.05, 3.63) is 46.2 Å². The second-order valence-electron chi connectivity index (χ2n) is 5.16. The first-order chi connectivity index (χ1) is 11.0. The molecule has 1 aromatic carbocycles. The van der Waals surface area contributed by atoms with Crippen LogP contribution in [0.3, 0.4) is 0 Å². The van der Waals surface area contributed by atoms with E-state index in [1.165, 1.54) is 12.1 Å². The molecule has 2 heterocycles. The van der Waals surface area contributed by atoms with Crippen molar-refractivity contribution in [1.82, 2.24) is 9.88 Å². The lowest BCUT2D eigenvalue weighted by Crippen LogP contribution is -2.48. The van der Waals surface area contributed by atoms with Gasteiger partial charge in [0, 0.05) is 37.2 Å². The average molecular weight is 334 g/mol. The van der Waals surface area contributed by atoms with Crippen molar-refractivity contribution >= 4 is 28.8 Å². The maximum atomic E-state index is 13.0. The van der Waals surface area contributed by atoms with Crippen LogP contribution in [0.2, 0.25) is 0 Å². The number of amides is 2. The largest absolute Gasteiger partial charge is 0.368 e. The SMILES string of the molecule is NC(=O)c1nc(C(=O)N2CCN(c3ccc(F)cc3)CC2)cs1. The molecule has 0 aliphatic carbocycles. The molecule has 2 N–H and O–H groups in total. The third-order valence-electron chi connectivity index (χ3n) is 3.69. The first-order valence-corrected chi connectivity index (χ1v) is 7.97. The Morgan fingerprint density at radius 1 is 1.13 bits per heavy atom. The van der Waals surface area contributed by atoms with E-state index >= 15 is 0 Å². The number of carbonyl (C=O) groups is 2. The normalized spacial score (nSPS) is 14.8. The maximum Gasteiger partial charge on any atom is 0.277 e. The lowest BCUT2D eigenvalue weighted by molar-refractivity contribution is 0.0741. The summed E-state index contributed by atoms with van der Waals surface area (Å²) in [4.78, 5) is 31.2. The first-order valence-electron chi connectivity index (χ1n) is 7.10. The summed E-state index contributed by atoms with van der Waals surface area (Å²) in [7, 11) is 0. The third kappa shape index (κ3) is 3.31. The molecule has 0 bridgehead atoms. The van der Waals surface area contributed by atoms with Crippen molar-refractivity contribution in [1.29, 1.82) is 0 Å². The third-order valence-corrected chi connectivity index (χ3v) is 4.55. The van der Waals surface area contributed by atoms with Gasteiger partial charge in [-0.1, -0.05) is 0 Å². The molecule has 0 unspecified atom stereocenters. The summed E-state index contributed by atoms with van der Waals surface area (Å²) in [6.07, 6.45) is 0. The number of nitrogens with two attached hydrogens (primary N) is 1. The van der Waals surface area contributed by atoms with Gasteiger partial charge in [-0.15, -0.1) is 11.3 Å². The summed E-state index contributed by atoms with van der Waals surface area (Å²) in [6, 6.07) is 6.31. The summed E-state index contributed by atoms with van der Waals surface area (Å²) in [5.41, 5.74) is 6.33. The van der Waals surface area contributed by atoms with Crippen molar-refractivity contribution in [2.75, 3.05) is 31.1 Å². The smallest absolute Gasteiger partial charge is 0.277 e. The lowest BCUT2D eigenvalue weighted by atomic mass is 10.2. The zero-order chi connectivity index (χ0) is 16.4. The minimum atomic E-state index is -0.629. The molecule has 23 heavy (non-hydrogen) atoms.